The molecule has 1 aliphatic heterocycles. The number of hydrogen-bond donors (Lipinski definition) is 4. The van der Waals surface area contributed by atoms with Crippen molar-refractivity contribution in [1.29, 1.82) is 0 Å². The van der Waals surface area contributed by atoms with Gasteiger partial charge in [0.25, 0.3) is 0 Å². The van der Waals surface area contributed by atoms with Gasteiger partial charge in [-0.3, -0.25) is 14.4 Å². The van der Waals surface area contributed by atoms with E-state index in [4.69, 9.17) is 15.2 Å². The largest absolute Gasteiger partial charge is 0.399 e. The molecule has 3 amide bonds. The fourth-order valence-electron chi connectivity index (χ4n) is 7.05. The predicted molar refractivity (Wildman–Crippen MR) is 194 cm³/mol. The second-order valence-corrected chi connectivity index (χ2v) is 13.9. The van der Waals surface area contributed by atoms with Crippen molar-refractivity contribution in [2.45, 2.75) is 103 Å². The molecule has 50 heavy (non-hydrogen) atoms. The Bertz CT molecular complexity index is 1360. The zero-order valence-electron chi connectivity index (χ0n) is 31.0. The van der Waals surface area contributed by atoms with Gasteiger partial charge in [0.2, 0.25) is 23.7 Å². The molecular weight excluding hydrogens is 638 g/mol. The number of aromatic nitrogens is 2. The van der Waals surface area contributed by atoms with Crippen LogP contribution in [0.2, 0.25) is 0 Å². The number of carbonyl (C=O) groups excluding carboxylic acids is 3. The second kappa shape index (κ2) is 19.5. The highest BCUT2D eigenvalue weighted by atomic mass is 16.5. The highest BCUT2D eigenvalue weighted by Gasteiger charge is 2.43. The fourth-order valence-corrected chi connectivity index (χ4v) is 7.05. The van der Waals surface area contributed by atoms with Gasteiger partial charge in [-0.2, -0.15) is 0 Å². The van der Waals surface area contributed by atoms with Gasteiger partial charge in [0.1, 0.15) is 6.04 Å². The molecule has 0 radical (unpaired) electrons. The minimum Gasteiger partial charge on any atom is -0.399 e. The van der Waals surface area contributed by atoms with E-state index in [0.29, 0.717) is 31.0 Å². The third kappa shape index (κ3) is 10.6. The molecule has 0 saturated carbocycles. The molecule has 2 aromatic rings. The van der Waals surface area contributed by atoms with Crippen LogP contribution in [0.3, 0.4) is 0 Å². The minimum absolute atomic E-state index is 0.0269. The number of anilines is 2. The summed E-state index contributed by atoms with van der Waals surface area (Å²) in [5.41, 5.74) is 7.44. The van der Waals surface area contributed by atoms with Crippen molar-refractivity contribution in [2.24, 2.45) is 17.8 Å². The Morgan fingerprint density at radius 3 is 2.38 bits per heavy atom. The number of nitrogens with one attached hydrogen (secondary N) is 2. The zero-order chi connectivity index (χ0) is 37.0. The van der Waals surface area contributed by atoms with E-state index in [1.54, 1.807) is 62.5 Å². The summed E-state index contributed by atoms with van der Waals surface area (Å²) in [6, 6.07) is 7.27. The summed E-state index contributed by atoms with van der Waals surface area (Å²) in [6.45, 7) is 10.1. The molecule has 278 valence electrons. The average Bonchev–Trinajstić information content (AvgIpc) is 3.59. The monoisotopic (exact) mass is 697 g/mol. The summed E-state index contributed by atoms with van der Waals surface area (Å²) >= 11 is 0. The van der Waals surface area contributed by atoms with Crippen molar-refractivity contribution in [3.63, 3.8) is 0 Å². The molecule has 1 saturated heterocycles. The molecule has 1 aromatic carbocycles. The number of aliphatic hydroxyl groups is 1. The van der Waals surface area contributed by atoms with Gasteiger partial charge < -0.3 is 40.7 Å². The topological polar surface area (TPSA) is 172 Å². The number of nitrogens with two attached hydrogens (primary N) is 1. The fraction of sp³-hybridized carbons (Fsp3) is 0.649. The number of nitrogen functional groups attached to an aromatic ring is 1. The van der Waals surface area contributed by atoms with Gasteiger partial charge in [-0.1, -0.05) is 53.2 Å². The number of aliphatic hydroxyl groups excluding tert-OH is 1. The van der Waals surface area contributed by atoms with Crippen LogP contribution in [0.15, 0.2) is 42.7 Å². The first-order valence-electron chi connectivity index (χ1n) is 17.8. The standard InChI is InChI=1S/C37H59N7O6/c1-9-24(4)33(43(6)36(48)32(23(2)3)42-37-39-16-12-17-40-37)30(49-7)21-31(46)44-18-11-15-29(44)34(50-8)25(5)35(47)41-28(22-45)20-26-13-10-14-27(38)19-26/h10,12-14,16-17,19,23-25,28-30,32-34,45H,9,11,15,18,20-22,38H2,1-8H3,(H,41,47)(H,39,40,42)/t24-,25+,28-,29-,30-,32-,33-,34+/m0/s1. The van der Waals surface area contributed by atoms with Crippen LogP contribution in [0.1, 0.15) is 65.9 Å². The van der Waals surface area contributed by atoms with Crippen LogP contribution in [0.5, 0.6) is 0 Å². The Balaban J connectivity index is 1.74. The van der Waals surface area contributed by atoms with Crippen LogP contribution in [0.25, 0.3) is 0 Å². The van der Waals surface area contributed by atoms with E-state index in [9.17, 15) is 19.5 Å². The molecule has 1 aliphatic rings. The third-order valence-electron chi connectivity index (χ3n) is 10.0. The smallest absolute Gasteiger partial charge is 0.245 e. The minimum atomic E-state index is -0.600. The van der Waals surface area contributed by atoms with Crippen molar-refractivity contribution >= 4 is 29.4 Å². The average molecular weight is 698 g/mol. The lowest BCUT2D eigenvalue weighted by molar-refractivity contribution is -0.146. The van der Waals surface area contributed by atoms with Crippen LogP contribution >= 0.6 is 0 Å². The highest BCUT2D eigenvalue weighted by molar-refractivity contribution is 5.85. The van der Waals surface area contributed by atoms with E-state index < -0.39 is 30.2 Å². The van der Waals surface area contributed by atoms with E-state index in [1.165, 1.54) is 0 Å². The molecule has 13 nitrogen and oxygen atoms in total. The summed E-state index contributed by atoms with van der Waals surface area (Å²) < 4.78 is 11.9. The number of hydrogen-bond acceptors (Lipinski definition) is 10. The normalized spacial score (nSPS) is 18.8. The number of ether oxygens (including phenoxy) is 2. The van der Waals surface area contributed by atoms with Crippen molar-refractivity contribution in [2.75, 3.05) is 45.5 Å². The number of rotatable bonds is 19. The van der Waals surface area contributed by atoms with Gasteiger partial charge in [0, 0.05) is 45.9 Å². The summed E-state index contributed by atoms with van der Waals surface area (Å²) in [4.78, 5) is 53.6. The third-order valence-corrected chi connectivity index (χ3v) is 10.0. The number of likely N-dealkylation sites (N-methyl/N-ethyl adjacent to an activating group) is 1. The molecule has 0 aliphatic carbocycles. The first-order chi connectivity index (χ1) is 23.9. The van der Waals surface area contributed by atoms with E-state index in [1.807, 2.05) is 32.0 Å². The van der Waals surface area contributed by atoms with Crippen molar-refractivity contribution < 1.29 is 29.0 Å². The molecular formula is C37H59N7O6. The number of nitrogens with zero attached hydrogens (tertiary/aromatic N) is 4. The molecule has 3 rings (SSSR count). The van der Waals surface area contributed by atoms with Gasteiger partial charge in [0.05, 0.1) is 49.3 Å². The summed E-state index contributed by atoms with van der Waals surface area (Å²) in [7, 11) is 4.91. The van der Waals surface area contributed by atoms with Crippen LogP contribution in [0, 0.1) is 17.8 Å². The quantitative estimate of drug-likeness (QED) is 0.160. The molecule has 2 heterocycles. The SMILES string of the molecule is CC[C@H](C)[C@@H]([C@H](CC(=O)N1CCC[C@H]1[C@H](OC)[C@@H](C)C(=O)N[C@H](CO)Cc1cccc(N)c1)OC)N(C)C(=O)[C@@H](Nc1ncccn1)C(C)C. The maximum Gasteiger partial charge on any atom is 0.245 e. The van der Waals surface area contributed by atoms with E-state index in [-0.39, 0.29) is 54.7 Å². The molecule has 8 atom stereocenters. The first-order valence-corrected chi connectivity index (χ1v) is 17.8. The molecule has 0 spiro atoms. The molecule has 13 heteroatoms. The Morgan fingerprint density at radius 2 is 1.80 bits per heavy atom. The number of carbonyl (C=O) groups is 3. The Kier molecular flexibility index (Phi) is 15.9. The van der Waals surface area contributed by atoms with Crippen molar-refractivity contribution in [1.82, 2.24) is 25.1 Å². The Morgan fingerprint density at radius 1 is 1.10 bits per heavy atom. The van der Waals surface area contributed by atoms with Crippen LogP contribution < -0.4 is 16.4 Å². The maximum atomic E-state index is 14.1. The van der Waals surface area contributed by atoms with E-state index >= 15 is 0 Å². The van der Waals surface area contributed by atoms with Gasteiger partial charge in [-0.15, -0.1) is 0 Å². The predicted octanol–water partition coefficient (Wildman–Crippen LogP) is 3.14. The lowest BCUT2D eigenvalue weighted by Gasteiger charge is -2.40. The lowest BCUT2D eigenvalue weighted by Crippen LogP contribution is -2.56. The molecule has 5 N–H and O–H groups in total. The number of benzene rings is 1. The van der Waals surface area contributed by atoms with Crippen molar-refractivity contribution in [3.05, 3.63) is 48.3 Å². The zero-order valence-corrected chi connectivity index (χ0v) is 31.0. The molecule has 1 fully saturated rings. The summed E-state index contributed by atoms with van der Waals surface area (Å²) in [5.74, 6) is -0.780. The van der Waals surface area contributed by atoms with Gasteiger partial charge in [-0.25, -0.2) is 9.97 Å². The van der Waals surface area contributed by atoms with Crippen LogP contribution in [0.4, 0.5) is 11.6 Å². The van der Waals surface area contributed by atoms with E-state index in [2.05, 4.69) is 34.4 Å². The summed E-state index contributed by atoms with van der Waals surface area (Å²) in [5, 5.41) is 16.2. The van der Waals surface area contributed by atoms with Gasteiger partial charge in [-0.05, 0) is 54.9 Å². The Hall–Kier alpha value is -3.81. The van der Waals surface area contributed by atoms with Crippen LogP contribution in [-0.2, 0) is 30.3 Å². The second-order valence-electron chi connectivity index (χ2n) is 13.9. The summed E-state index contributed by atoms with van der Waals surface area (Å²) in [6.07, 6.45) is 4.81. The molecule has 0 bridgehead atoms. The maximum absolute atomic E-state index is 14.1. The number of amides is 3. The molecule has 0 unspecified atom stereocenters. The number of methoxy groups -OCH3 is 2. The Labute approximate surface area is 297 Å². The van der Waals surface area contributed by atoms with Gasteiger partial charge in [0.15, 0.2) is 0 Å². The highest BCUT2D eigenvalue weighted by Crippen LogP contribution is 2.30. The lowest BCUT2D eigenvalue weighted by atomic mass is 9.89. The van der Waals surface area contributed by atoms with Gasteiger partial charge >= 0.3 is 0 Å². The van der Waals surface area contributed by atoms with E-state index in [0.717, 1.165) is 18.4 Å². The van der Waals surface area contributed by atoms with Crippen molar-refractivity contribution in [3.8, 4) is 0 Å². The first kappa shape index (κ1) is 40.6. The number of likely N-dealkylation sites (tertiary alicyclic amines) is 1. The molecule has 1 aromatic heterocycles. The van der Waals surface area contributed by atoms with Crippen LogP contribution in [-0.4, -0.2) is 113 Å².